The zero-order chi connectivity index (χ0) is 24.5. The summed E-state index contributed by atoms with van der Waals surface area (Å²) in [6.45, 7) is 6.91. The van der Waals surface area contributed by atoms with E-state index in [-0.39, 0.29) is 37.0 Å². The molecular formula is C23H29N5O5S. The molecule has 34 heavy (non-hydrogen) atoms. The number of nitrogens with zero attached hydrogens (tertiary/aromatic N) is 4. The maximum atomic E-state index is 12.8. The van der Waals surface area contributed by atoms with E-state index in [0.717, 1.165) is 0 Å². The quantitative estimate of drug-likeness (QED) is 0.352. The van der Waals surface area contributed by atoms with Crippen LogP contribution >= 0.6 is 11.3 Å². The van der Waals surface area contributed by atoms with Crippen LogP contribution in [0, 0.1) is 5.92 Å². The van der Waals surface area contributed by atoms with E-state index in [1.54, 1.807) is 25.4 Å². The van der Waals surface area contributed by atoms with Crippen molar-refractivity contribution in [1.82, 2.24) is 15.3 Å². The number of rotatable bonds is 7. The number of ether oxygens (including phenoxy) is 2. The van der Waals surface area contributed by atoms with E-state index in [0.29, 0.717) is 41.7 Å². The Morgan fingerprint density at radius 1 is 1.29 bits per heavy atom. The summed E-state index contributed by atoms with van der Waals surface area (Å²) in [4.78, 5) is 49.5. The van der Waals surface area contributed by atoms with Crippen molar-refractivity contribution >= 4 is 46.1 Å². The van der Waals surface area contributed by atoms with Gasteiger partial charge in [0.05, 0.1) is 30.2 Å². The van der Waals surface area contributed by atoms with Gasteiger partial charge in [0.1, 0.15) is 23.5 Å². The number of hydrogen-bond donors (Lipinski definition) is 1. The summed E-state index contributed by atoms with van der Waals surface area (Å²) >= 11 is 1.42. The lowest BCUT2D eigenvalue weighted by Gasteiger charge is -2.31. The van der Waals surface area contributed by atoms with Crippen LogP contribution in [0.3, 0.4) is 0 Å². The van der Waals surface area contributed by atoms with Gasteiger partial charge in [-0.3, -0.25) is 14.9 Å². The van der Waals surface area contributed by atoms with Crippen LogP contribution in [0.1, 0.15) is 31.1 Å². The van der Waals surface area contributed by atoms with Crippen LogP contribution in [0.4, 0.5) is 16.8 Å². The van der Waals surface area contributed by atoms with Crippen molar-refractivity contribution in [3.8, 4) is 0 Å². The maximum absolute atomic E-state index is 12.8. The molecule has 0 aromatic carbocycles. The van der Waals surface area contributed by atoms with Crippen LogP contribution < -0.4 is 15.1 Å². The zero-order valence-electron chi connectivity index (χ0n) is 19.7. The van der Waals surface area contributed by atoms with Crippen LogP contribution in [0.5, 0.6) is 0 Å². The van der Waals surface area contributed by atoms with E-state index in [1.807, 2.05) is 31.1 Å². The standard InChI is InChI=1S/C23H29N5O5S/c1-23(2,3)33-19(30)9-25-16-11-27(12-17(16)32-4)18-6-5-15-20(31)14(13-29)10-28(21(15)26-18)22-24-7-8-34-22/h5-8,13-14,16-17,25H,9-12H2,1-4H3/t14?,16-,17-/m1/s1. The van der Waals surface area contributed by atoms with Crippen molar-refractivity contribution in [2.75, 3.05) is 43.1 Å². The highest BCUT2D eigenvalue weighted by Crippen LogP contribution is 2.36. The Morgan fingerprint density at radius 3 is 2.74 bits per heavy atom. The third-order valence-electron chi connectivity index (χ3n) is 5.73. The molecule has 182 valence electrons. The molecule has 0 aliphatic carbocycles. The second-order valence-corrected chi connectivity index (χ2v) is 10.2. The first kappa shape index (κ1) is 24.2. The highest BCUT2D eigenvalue weighted by atomic mass is 32.1. The topological polar surface area (TPSA) is 114 Å². The monoisotopic (exact) mass is 487 g/mol. The average Bonchev–Trinajstić information content (AvgIpc) is 3.47. The summed E-state index contributed by atoms with van der Waals surface area (Å²) in [5, 5.41) is 5.76. The Kier molecular flexibility index (Phi) is 6.96. The summed E-state index contributed by atoms with van der Waals surface area (Å²) in [6.07, 6.45) is 2.21. The molecule has 2 aliphatic rings. The van der Waals surface area contributed by atoms with Crippen molar-refractivity contribution in [1.29, 1.82) is 0 Å². The van der Waals surface area contributed by atoms with Crippen molar-refractivity contribution in [3.63, 3.8) is 0 Å². The predicted molar refractivity (Wildman–Crippen MR) is 128 cm³/mol. The molecule has 2 aromatic heterocycles. The van der Waals surface area contributed by atoms with E-state index in [2.05, 4.69) is 15.2 Å². The minimum atomic E-state index is -0.754. The van der Waals surface area contributed by atoms with Crippen molar-refractivity contribution in [2.24, 2.45) is 5.92 Å². The number of hydrogen-bond acceptors (Lipinski definition) is 11. The van der Waals surface area contributed by atoms with Gasteiger partial charge in [-0.25, -0.2) is 9.97 Å². The number of pyridine rings is 1. The maximum Gasteiger partial charge on any atom is 0.320 e. The third kappa shape index (κ3) is 5.11. The summed E-state index contributed by atoms with van der Waals surface area (Å²) in [5.74, 6) is -0.133. The largest absolute Gasteiger partial charge is 0.459 e. The molecule has 1 unspecified atom stereocenters. The predicted octanol–water partition coefficient (Wildman–Crippen LogP) is 1.82. The van der Waals surface area contributed by atoms with Gasteiger partial charge in [0.25, 0.3) is 0 Å². The number of aromatic nitrogens is 2. The van der Waals surface area contributed by atoms with Gasteiger partial charge in [-0.1, -0.05) is 0 Å². The molecule has 3 atom stereocenters. The minimum absolute atomic E-state index is 0.0761. The van der Waals surface area contributed by atoms with Crippen molar-refractivity contribution < 1.29 is 23.9 Å². The van der Waals surface area contributed by atoms with Gasteiger partial charge in [0.2, 0.25) is 0 Å². The highest BCUT2D eigenvalue weighted by Gasteiger charge is 2.37. The number of esters is 1. The van der Waals surface area contributed by atoms with E-state index in [9.17, 15) is 14.4 Å². The number of nitrogens with one attached hydrogen (secondary N) is 1. The molecule has 4 rings (SSSR count). The molecule has 0 radical (unpaired) electrons. The Labute approximate surface area is 202 Å². The van der Waals surface area contributed by atoms with Crippen LogP contribution in [-0.2, 0) is 19.1 Å². The van der Waals surface area contributed by atoms with Gasteiger partial charge in [0, 0.05) is 38.3 Å². The molecule has 0 spiro atoms. The van der Waals surface area contributed by atoms with E-state index >= 15 is 0 Å². The highest BCUT2D eigenvalue weighted by molar-refractivity contribution is 7.13. The Hall–Kier alpha value is -2.89. The molecule has 2 aliphatic heterocycles. The van der Waals surface area contributed by atoms with Gasteiger partial charge in [0.15, 0.2) is 10.9 Å². The number of methoxy groups -OCH3 is 1. The number of anilines is 3. The SMILES string of the molecule is CO[C@@H]1CN(c2ccc3c(n2)N(c2nccs2)CC(C=O)C3=O)C[C@H]1NCC(=O)OC(C)(C)C. The molecule has 4 heterocycles. The molecule has 0 saturated carbocycles. The minimum Gasteiger partial charge on any atom is -0.459 e. The zero-order valence-corrected chi connectivity index (χ0v) is 20.5. The van der Waals surface area contributed by atoms with E-state index in [4.69, 9.17) is 14.5 Å². The number of carbonyl (C=O) groups excluding carboxylic acids is 3. The molecule has 1 fully saturated rings. The second kappa shape index (κ2) is 9.77. The molecule has 1 N–H and O–H groups in total. The fourth-order valence-corrected chi connectivity index (χ4v) is 4.84. The molecular weight excluding hydrogens is 458 g/mol. The summed E-state index contributed by atoms with van der Waals surface area (Å²) in [7, 11) is 1.64. The van der Waals surface area contributed by atoms with E-state index in [1.165, 1.54) is 11.3 Å². The Morgan fingerprint density at radius 2 is 2.09 bits per heavy atom. The Bertz CT molecular complexity index is 1050. The molecule has 2 aromatic rings. The third-order valence-corrected chi connectivity index (χ3v) is 6.53. The first-order valence-corrected chi connectivity index (χ1v) is 12.0. The average molecular weight is 488 g/mol. The molecule has 11 heteroatoms. The number of fused-ring (bicyclic) bond motifs is 1. The van der Waals surface area contributed by atoms with Crippen molar-refractivity contribution in [3.05, 3.63) is 29.3 Å². The smallest absolute Gasteiger partial charge is 0.320 e. The van der Waals surface area contributed by atoms with Crippen LogP contribution in [0.15, 0.2) is 23.7 Å². The number of Topliss-reactive ketones (excluding diaryl/α,β-unsaturated/α-hetero) is 1. The number of carbonyl (C=O) groups is 3. The first-order chi connectivity index (χ1) is 16.2. The fraction of sp³-hybridized carbons (Fsp3) is 0.522. The summed E-state index contributed by atoms with van der Waals surface area (Å²) in [6, 6.07) is 3.40. The fourth-order valence-electron chi connectivity index (χ4n) is 4.19. The number of ketones is 1. The van der Waals surface area contributed by atoms with Gasteiger partial charge in [-0.15, -0.1) is 11.3 Å². The van der Waals surface area contributed by atoms with Gasteiger partial charge in [-0.2, -0.15) is 0 Å². The van der Waals surface area contributed by atoms with Crippen LogP contribution in [0.2, 0.25) is 0 Å². The Balaban J connectivity index is 1.54. The van der Waals surface area contributed by atoms with Gasteiger partial charge in [-0.05, 0) is 32.9 Å². The van der Waals surface area contributed by atoms with Crippen molar-refractivity contribution in [2.45, 2.75) is 38.5 Å². The number of thiazole rings is 1. The summed E-state index contributed by atoms with van der Waals surface area (Å²) < 4.78 is 11.0. The summed E-state index contributed by atoms with van der Waals surface area (Å²) in [5.41, 5.74) is -0.137. The lowest BCUT2D eigenvalue weighted by molar-refractivity contribution is -0.153. The number of aldehydes is 1. The lowest BCUT2D eigenvalue weighted by Crippen LogP contribution is -2.44. The second-order valence-electron chi connectivity index (χ2n) is 9.33. The molecule has 0 amide bonds. The lowest BCUT2D eigenvalue weighted by atomic mass is 9.94. The first-order valence-electron chi connectivity index (χ1n) is 11.1. The van der Waals surface area contributed by atoms with Gasteiger partial charge < -0.3 is 24.1 Å². The van der Waals surface area contributed by atoms with Gasteiger partial charge >= 0.3 is 5.97 Å². The molecule has 0 bridgehead atoms. The van der Waals surface area contributed by atoms with Crippen LogP contribution in [-0.4, -0.2) is 79.0 Å². The molecule has 1 saturated heterocycles. The van der Waals surface area contributed by atoms with Crippen LogP contribution in [0.25, 0.3) is 0 Å². The normalized spacial score (nSPS) is 22.6. The molecule has 10 nitrogen and oxygen atoms in total. The van der Waals surface area contributed by atoms with E-state index < -0.39 is 11.5 Å².